The summed E-state index contributed by atoms with van der Waals surface area (Å²) in [6, 6.07) is 10.2. The zero-order valence-corrected chi connectivity index (χ0v) is 17.0. The Labute approximate surface area is 158 Å². The van der Waals surface area contributed by atoms with Gasteiger partial charge in [0.25, 0.3) is 0 Å². The Balaban J connectivity index is 2.28. The number of aryl methyl sites for hydroxylation is 3. The van der Waals surface area contributed by atoms with Gasteiger partial charge in [0, 0.05) is 15.4 Å². The number of ether oxygens (including phenoxy) is 2. The maximum Gasteiger partial charge on any atom is 0.371 e. The Morgan fingerprint density at radius 3 is 2.48 bits per heavy atom. The molecule has 0 aliphatic carbocycles. The van der Waals surface area contributed by atoms with Crippen molar-refractivity contribution < 1.29 is 14.3 Å². The second-order valence-corrected chi connectivity index (χ2v) is 7.50. The molecule has 2 aromatic carbocycles. The van der Waals surface area contributed by atoms with Gasteiger partial charge in [-0.1, -0.05) is 19.1 Å². The van der Waals surface area contributed by atoms with Crippen molar-refractivity contribution in [3.8, 4) is 5.75 Å². The fraction of sp³-hybridized carbons (Fsp3) is 0.350. The summed E-state index contributed by atoms with van der Waals surface area (Å²) in [5.74, 6) is 0.889. The lowest BCUT2D eigenvalue weighted by atomic mass is 10.0. The average molecular weight is 377 g/mol. The van der Waals surface area contributed by atoms with Crippen LogP contribution in [-0.4, -0.2) is 18.7 Å². The zero-order chi connectivity index (χ0) is 18.4. The van der Waals surface area contributed by atoms with Gasteiger partial charge in [-0.15, -0.1) is 11.8 Å². The highest BCUT2D eigenvalue weighted by Gasteiger charge is 2.14. The molecular formula is C20H24O3S2. The van der Waals surface area contributed by atoms with E-state index in [-0.39, 0.29) is 5.30 Å². The van der Waals surface area contributed by atoms with E-state index in [0.29, 0.717) is 6.61 Å². The number of carbonyl (C=O) groups is 1. The van der Waals surface area contributed by atoms with Crippen LogP contribution < -0.4 is 4.74 Å². The summed E-state index contributed by atoms with van der Waals surface area (Å²) in [6.07, 6.45) is 3.04. The number of rotatable bonds is 6. The van der Waals surface area contributed by atoms with Crippen molar-refractivity contribution >= 4 is 28.8 Å². The Kier molecular flexibility index (Phi) is 7.26. The van der Waals surface area contributed by atoms with E-state index in [1.165, 1.54) is 18.2 Å². The smallest absolute Gasteiger partial charge is 0.371 e. The first-order chi connectivity index (χ1) is 12.0. The number of methoxy groups -OCH3 is 1. The summed E-state index contributed by atoms with van der Waals surface area (Å²) in [5, 5.41) is -0.321. The second-order valence-electron chi connectivity index (χ2n) is 5.68. The molecule has 0 unspecified atom stereocenters. The molecule has 0 aliphatic rings. The summed E-state index contributed by atoms with van der Waals surface area (Å²) in [7, 11) is 1.39. The molecule has 0 aromatic heterocycles. The van der Waals surface area contributed by atoms with Crippen molar-refractivity contribution in [3.63, 3.8) is 0 Å². The fourth-order valence-corrected chi connectivity index (χ4v) is 4.04. The van der Waals surface area contributed by atoms with Gasteiger partial charge in [-0.25, -0.2) is 4.79 Å². The number of carbonyl (C=O) groups excluding carboxylic acids is 1. The maximum absolute atomic E-state index is 11.7. The predicted molar refractivity (Wildman–Crippen MR) is 106 cm³/mol. The van der Waals surface area contributed by atoms with Crippen LogP contribution in [0.3, 0.4) is 0 Å². The van der Waals surface area contributed by atoms with Crippen LogP contribution >= 0.6 is 23.5 Å². The summed E-state index contributed by atoms with van der Waals surface area (Å²) in [4.78, 5) is 13.6. The number of hydrogen-bond acceptors (Lipinski definition) is 5. The minimum absolute atomic E-state index is 0.321. The van der Waals surface area contributed by atoms with E-state index in [4.69, 9.17) is 9.47 Å². The third-order valence-corrected chi connectivity index (χ3v) is 5.81. The molecule has 2 aromatic rings. The van der Waals surface area contributed by atoms with Crippen molar-refractivity contribution in [2.24, 2.45) is 0 Å². The molecule has 134 valence electrons. The lowest BCUT2D eigenvalue weighted by Crippen LogP contribution is -2.03. The van der Waals surface area contributed by atoms with Gasteiger partial charge in [-0.2, -0.15) is 0 Å². The topological polar surface area (TPSA) is 35.5 Å². The molecule has 0 fully saturated rings. The first-order valence-corrected chi connectivity index (χ1v) is 10.2. The largest absolute Gasteiger partial charge is 0.489 e. The molecule has 3 nitrogen and oxygen atoms in total. The summed E-state index contributed by atoms with van der Waals surface area (Å²) >= 11 is 2.74. The van der Waals surface area contributed by atoms with Crippen LogP contribution in [0.2, 0.25) is 0 Å². The van der Waals surface area contributed by atoms with Crippen LogP contribution in [0, 0.1) is 13.8 Å². The van der Waals surface area contributed by atoms with Gasteiger partial charge in [-0.3, -0.25) is 0 Å². The van der Waals surface area contributed by atoms with Gasteiger partial charge in [0.05, 0.1) is 7.11 Å². The molecule has 0 bridgehead atoms. The molecule has 25 heavy (non-hydrogen) atoms. The summed E-state index contributed by atoms with van der Waals surface area (Å²) < 4.78 is 10.9. The predicted octanol–water partition coefficient (Wildman–Crippen LogP) is 6.03. The Hall–Kier alpha value is -1.59. The quantitative estimate of drug-likeness (QED) is 0.455. The monoisotopic (exact) mass is 376 g/mol. The number of hydrogen-bond donors (Lipinski definition) is 0. The standard InChI is InChI=1S/C20H24O3S2/c1-6-15-10-14(3)17(11-13(15)2)23-12-16-18(24-5)8-7-9-19(16)25-20(21)22-4/h7-11H,6,12H2,1-5H3. The van der Waals surface area contributed by atoms with Crippen LogP contribution in [0.15, 0.2) is 40.1 Å². The van der Waals surface area contributed by atoms with Crippen molar-refractivity contribution in [2.45, 2.75) is 43.6 Å². The normalized spacial score (nSPS) is 10.6. The lowest BCUT2D eigenvalue weighted by molar-refractivity contribution is 0.200. The first kappa shape index (κ1) is 19.7. The van der Waals surface area contributed by atoms with Crippen LogP contribution in [0.4, 0.5) is 4.79 Å². The minimum Gasteiger partial charge on any atom is -0.489 e. The molecule has 2 rings (SSSR count). The van der Waals surface area contributed by atoms with Crippen LogP contribution in [0.25, 0.3) is 0 Å². The van der Waals surface area contributed by atoms with Crippen molar-refractivity contribution in [1.29, 1.82) is 0 Å². The molecule has 0 spiro atoms. The van der Waals surface area contributed by atoms with Gasteiger partial charge in [0.15, 0.2) is 0 Å². The minimum atomic E-state index is -0.321. The Bertz CT molecular complexity index is 757. The lowest BCUT2D eigenvalue weighted by Gasteiger charge is -2.16. The first-order valence-electron chi connectivity index (χ1n) is 8.14. The molecule has 0 aliphatic heterocycles. The fourth-order valence-electron chi connectivity index (χ4n) is 2.64. The highest BCUT2D eigenvalue weighted by molar-refractivity contribution is 8.13. The van der Waals surface area contributed by atoms with Gasteiger partial charge in [0.1, 0.15) is 12.4 Å². The highest BCUT2D eigenvalue weighted by atomic mass is 32.2. The van der Waals surface area contributed by atoms with E-state index in [1.807, 2.05) is 24.5 Å². The average Bonchev–Trinajstić information content (AvgIpc) is 2.62. The molecular weight excluding hydrogens is 352 g/mol. The van der Waals surface area contributed by atoms with E-state index < -0.39 is 0 Å². The van der Waals surface area contributed by atoms with E-state index in [9.17, 15) is 4.79 Å². The van der Waals surface area contributed by atoms with Crippen molar-refractivity contribution in [2.75, 3.05) is 13.4 Å². The molecule has 0 saturated carbocycles. The van der Waals surface area contributed by atoms with Gasteiger partial charge in [0.2, 0.25) is 0 Å². The van der Waals surface area contributed by atoms with Gasteiger partial charge < -0.3 is 9.47 Å². The highest BCUT2D eigenvalue weighted by Crippen LogP contribution is 2.33. The van der Waals surface area contributed by atoms with Gasteiger partial charge in [-0.05, 0) is 73.2 Å². The summed E-state index contributed by atoms with van der Waals surface area (Å²) in [6.45, 7) is 6.76. The van der Waals surface area contributed by atoms with Crippen LogP contribution in [0.5, 0.6) is 5.75 Å². The third-order valence-electron chi connectivity index (χ3n) is 4.06. The maximum atomic E-state index is 11.7. The molecule has 0 N–H and O–H groups in total. The van der Waals surface area contributed by atoms with Crippen molar-refractivity contribution in [3.05, 3.63) is 52.6 Å². The Morgan fingerprint density at radius 1 is 1.12 bits per heavy atom. The van der Waals surface area contributed by atoms with Crippen LogP contribution in [0.1, 0.15) is 29.2 Å². The number of thioether (sulfide) groups is 2. The SMILES string of the molecule is CCc1cc(C)c(OCc2c(SC)cccc2SC(=O)OC)cc1C. The molecule has 0 saturated heterocycles. The molecule has 0 atom stereocenters. The molecule has 5 heteroatoms. The third kappa shape index (κ3) is 4.95. The zero-order valence-electron chi connectivity index (χ0n) is 15.3. The number of benzene rings is 2. The molecule has 0 radical (unpaired) electrons. The molecule has 0 heterocycles. The van der Waals surface area contributed by atoms with Crippen molar-refractivity contribution in [1.82, 2.24) is 0 Å². The van der Waals surface area contributed by atoms with E-state index >= 15 is 0 Å². The molecule has 0 amide bonds. The Morgan fingerprint density at radius 2 is 1.84 bits per heavy atom. The van der Waals surface area contributed by atoms with E-state index in [1.54, 1.807) is 11.8 Å². The second kappa shape index (κ2) is 9.20. The van der Waals surface area contributed by atoms with E-state index in [0.717, 1.165) is 44.9 Å². The van der Waals surface area contributed by atoms with Gasteiger partial charge >= 0.3 is 5.30 Å². The summed E-state index contributed by atoms with van der Waals surface area (Å²) in [5.41, 5.74) is 4.73. The van der Waals surface area contributed by atoms with Crippen LogP contribution in [-0.2, 0) is 17.8 Å². The van der Waals surface area contributed by atoms with E-state index in [2.05, 4.69) is 32.9 Å².